The summed E-state index contributed by atoms with van der Waals surface area (Å²) in [6.07, 6.45) is 0. The average molecular weight is 432 g/mol. The highest BCUT2D eigenvalue weighted by molar-refractivity contribution is 6.42. The van der Waals surface area contributed by atoms with Crippen LogP contribution in [0.4, 0.5) is 0 Å². The number of esters is 1. The summed E-state index contributed by atoms with van der Waals surface area (Å²) in [5.74, 6) is -1.51. The predicted molar refractivity (Wildman–Crippen MR) is 109 cm³/mol. The van der Waals surface area contributed by atoms with Crippen molar-refractivity contribution in [2.24, 2.45) is 5.73 Å². The molecule has 2 heterocycles. The summed E-state index contributed by atoms with van der Waals surface area (Å²) in [7, 11) is 0. The molecule has 0 saturated heterocycles. The number of rotatable bonds is 3. The smallest absolute Gasteiger partial charge is 0.344 e. The van der Waals surface area contributed by atoms with Gasteiger partial charge in [-0.15, -0.1) is 0 Å². The number of para-hydroxylation sites is 1. The minimum atomic E-state index is -0.895. The Morgan fingerprint density at radius 1 is 1.17 bits per heavy atom. The second-order valence-corrected chi connectivity index (χ2v) is 7.15. The second-order valence-electron chi connectivity index (χ2n) is 6.34. The van der Waals surface area contributed by atoms with E-state index in [-0.39, 0.29) is 34.4 Å². The Morgan fingerprint density at radius 3 is 2.66 bits per heavy atom. The molecule has 1 unspecified atom stereocenters. The maximum absolute atomic E-state index is 12.9. The standard InChI is InChI=1S/C21H15Cl2NO5/c1-2-27-20(25)17-15(10-7-8-12(22)13(23)9-10)16-18(29-19(17)24)11-5-3-4-6-14(11)28-21(16)26/h3-9,15H,2,24H2,1H3. The van der Waals surface area contributed by atoms with Crippen molar-refractivity contribution in [3.63, 3.8) is 0 Å². The molecule has 3 aromatic rings. The van der Waals surface area contributed by atoms with Crippen molar-refractivity contribution >= 4 is 40.1 Å². The Morgan fingerprint density at radius 2 is 1.93 bits per heavy atom. The summed E-state index contributed by atoms with van der Waals surface area (Å²) in [6, 6.07) is 11.7. The highest BCUT2D eigenvalue weighted by Crippen LogP contribution is 2.44. The van der Waals surface area contributed by atoms with Crippen molar-refractivity contribution in [2.75, 3.05) is 6.61 Å². The van der Waals surface area contributed by atoms with Crippen molar-refractivity contribution in [2.45, 2.75) is 12.8 Å². The van der Waals surface area contributed by atoms with Gasteiger partial charge in [-0.3, -0.25) is 0 Å². The minimum Gasteiger partial charge on any atom is -0.462 e. The third kappa shape index (κ3) is 3.24. The number of halogens is 2. The molecule has 1 aliphatic heterocycles. The van der Waals surface area contributed by atoms with E-state index in [1.54, 1.807) is 49.4 Å². The summed E-state index contributed by atoms with van der Waals surface area (Å²) in [4.78, 5) is 25.6. The number of hydrogen-bond acceptors (Lipinski definition) is 6. The van der Waals surface area contributed by atoms with E-state index in [9.17, 15) is 9.59 Å². The Labute approximate surface area is 175 Å². The maximum atomic E-state index is 12.9. The van der Waals surface area contributed by atoms with E-state index in [4.69, 9.17) is 42.8 Å². The zero-order valence-electron chi connectivity index (χ0n) is 15.2. The topological polar surface area (TPSA) is 91.8 Å². The number of hydrogen-bond donors (Lipinski definition) is 1. The summed E-state index contributed by atoms with van der Waals surface area (Å²) in [6.45, 7) is 1.80. The van der Waals surface area contributed by atoms with Gasteiger partial charge >= 0.3 is 11.6 Å². The Balaban J connectivity index is 2.05. The summed E-state index contributed by atoms with van der Waals surface area (Å²) >= 11 is 12.2. The van der Waals surface area contributed by atoms with Crippen LogP contribution in [0.1, 0.15) is 24.0 Å². The van der Waals surface area contributed by atoms with E-state index in [2.05, 4.69) is 0 Å². The molecule has 0 saturated carbocycles. The van der Waals surface area contributed by atoms with Crippen LogP contribution in [0.2, 0.25) is 10.0 Å². The van der Waals surface area contributed by atoms with Crippen LogP contribution < -0.4 is 16.1 Å². The third-order valence-electron chi connectivity index (χ3n) is 4.63. The first-order valence-electron chi connectivity index (χ1n) is 8.77. The molecule has 4 rings (SSSR count). The molecule has 29 heavy (non-hydrogen) atoms. The largest absolute Gasteiger partial charge is 0.462 e. The van der Waals surface area contributed by atoms with E-state index >= 15 is 0 Å². The van der Waals surface area contributed by atoms with Gasteiger partial charge in [0.1, 0.15) is 11.2 Å². The Kier molecular flexibility index (Phi) is 4.98. The van der Waals surface area contributed by atoms with Crippen LogP contribution in [0, 0.1) is 0 Å². The lowest BCUT2D eigenvalue weighted by Crippen LogP contribution is -2.31. The Hall–Kier alpha value is -2.96. The average Bonchev–Trinajstić information content (AvgIpc) is 2.69. The van der Waals surface area contributed by atoms with Gasteiger partial charge in [0.25, 0.3) is 0 Å². The fraction of sp³-hybridized carbons (Fsp3) is 0.143. The van der Waals surface area contributed by atoms with Crippen LogP contribution in [-0.2, 0) is 9.53 Å². The van der Waals surface area contributed by atoms with Crippen LogP contribution >= 0.6 is 23.2 Å². The van der Waals surface area contributed by atoms with E-state index in [1.165, 1.54) is 0 Å². The molecule has 0 amide bonds. The van der Waals surface area contributed by atoms with E-state index in [0.717, 1.165) is 0 Å². The molecular formula is C21H15Cl2NO5. The van der Waals surface area contributed by atoms with Crippen LogP contribution in [0.3, 0.4) is 0 Å². The second kappa shape index (κ2) is 7.46. The van der Waals surface area contributed by atoms with Gasteiger partial charge in [0.2, 0.25) is 5.88 Å². The third-order valence-corrected chi connectivity index (χ3v) is 5.37. The number of ether oxygens (including phenoxy) is 2. The van der Waals surface area contributed by atoms with Gasteiger partial charge in [-0.1, -0.05) is 41.4 Å². The molecule has 148 valence electrons. The zero-order chi connectivity index (χ0) is 20.7. The summed E-state index contributed by atoms with van der Waals surface area (Å²) < 4.78 is 16.4. The van der Waals surface area contributed by atoms with Gasteiger partial charge in [-0.25, -0.2) is 9.59 Å². The van der Waals surface area contributed by atoms with Gasteiger partial charge in [0.05, 0.1) is 33.5 Å². The lowest BCUT2D eigenvalue weighted by atomic mass is 9.83. The summed E-state index contributed by atoms with van der Waals surface area (Å²) in [5.41, 5.74) is 6.49. The molecule has 0 bridgehead atoms. The predicted octanol–water partition coefficient (Wildman–Crippen LogP) is 4.36. The van der Waals surface area contributed by atoms with Crippen LogP contribution in [0.15, 0.2) is 63.1 Å². The molecule has 8 heteroatoms. The fourth-order valence-electron chi connectivity index (χ4n) is 3.40. The van der Waals surface area contributed by atoms with Crippen molar-refractivity contribution in [3.05, 3.63) is 85.5 Å². The van der Waals surface area contributed by atoms with Crippen LogP contribution in [0.5, 0.6) is 5.75 Å². The number of fused-ring (bicyclic) bond motifs is 3. The molecule has 6 nitrogen and oxygen atoms in total. The van der Waals surface area contributed by atoms with Crippen molar-refractivity contribution < 1.29 is 18.7 Å². The van der Waals surface area contributed by atoms with Gasteiger partial charge in [0.15, 0.2) is 5.75 Å². The number of carbonyl (C=O) groups excluding carboxylic acids is 1. The lowest BCUT2D eigenvalue weighted by Gasteiger charge is -2.28. The Bertz CT molecular complexity index is 1230. The van der Waals surface area contributed by atoms with E-state index in [1.807, 2.05) is 0 Å². The van der Waals surface area contributed by atoms with Gasteiger partial charge in [-0.2, -0.15) is 0 Å². The molecule has 2 N–H and O–H groups in total. The quantitative estimate of drug-likeness (QED) is 0.489. The number of carbonyl (C=O) groups is 1. The fourth-order valence-corrected chi connectivity index (χ4v) is 3.71. The molecule has 0 fully saturated rings. The molecule has 1 aliphatic rings. The maximum Gasteiger partial charge on any atom is 0.344 e. The highest BCUT2D eigenvalue weighted by Gasteiger charge is 2.39. The molecule has 2 aromatic carbocycles. The first-order valence-corrected chi connectivity index (χ1v) is 9.53. The van der Waals surface area contributed by atoms with Gasteiger partial charge in [-0.05, 0) is 36.8 Å². The summed E-state index contributed by atoms with van der Waals surface area (Å²) in [5, 5.41) is 1.16. The SMILES string of the molecule is CCOC(=O)C1=C(N)Oc2c(c(=O)oc3ccccc23)C1c1ccc(Cl)c(Cl)c1. The van der Waals surface area contributed by atoms with Crippen molar-refractivity contribution in [3.8, 4) is 5.75 Å². The van der Waals surface area contributed by atoms with Crippen molar-refractivity contribution in [1.82, 2.24) is 0 Å². The lowest BCUT2D eigenvalue weighted by molar-refractivity contribution is -0.139. The number of nitrogens with two attached hydrogens (primary N) is 1. The van der Waals surface area contributed by atoms with Crippen LogP contribution in [-0.4, -0.2) is 12.6 Å². The monoisotopic (exact) mass is 431 g/mol. The minimum absolute atomic E-state index is 0.000297. The molecular weight excluding hydrogens is 417 g/mol. The van der Waals surface area contributed by atoms with E-state index in [0.29, 0.717) is 21.6 Å². The van der Waals surface area contributed by atoms with Crippen LogP contribution in [0.25, 0.3) is 11.0 Å². The first kappa shape index (κ1) is 19.4. The molecule has 0 aliphatic carbocycles. The zero-order valence-corrected chi connectivity index (χ0v) is 16.7. The van der Waals surface area contributed by atoms with E-state index < -0.39 is 17.5 Å². The molecule has 0 spiro atoms. The normalized spacial score (nSPS) is 15.8. The first-order chi connectivity index (χ1) is 13.9. The number of benzene rings is 2. The van der Waals surface area contributed by atoms with Gasteiger partial charge in [0, 0.05) is 0 Å². The molecule has 1 atom stereocenters. The van der Waals surface area contributed by atoms with Crippen molar-refractivity contribution in [1.29, 1.82) is 0 Å². The molecule has 0 radical (unpaired) electrons. The molecule has 1 aromatic heterocycles. The highest BCUT2D eigenvalue weighted by atomic mass is 35.5. The van der Waals surface area contributed by atoms with Gasteiger partial charge < -0.3 is 19.6 Å².